The Hall–Kier alpha value is -2.60. The molecule has 1 N–H and O–H groups in total. The second kappa shape index (κ2) is 8.39. The first-order valence-electron chi connectivity index (χ1n) is 8.87. The quantitative estimate of drug-likeness (QED) is 0.700. The minimum absolute atomic E-state index is 0.0306. The Morgan fingerprint density at radius 1 is 1.11 bits per heavy atom. The second-order valence-corrected chi connectivity index (χ2v) is 9.00. The number of thioether (sulfide) groups is 1. The van der Waals surface area contributed by atoms with E-state index in [0.717, 1.165) is 22.5 Å². The highest BCUT2D eigenvalue weighted by molar-refractivity contribution is 8.01. The number of carbonyl (C=O) groups excluding carboxylic acids is 1. The van der Waals surface area contributed by atoms with Crippen LogP contribution in [0.15, 0.2) is 61.1 Å². The van der Waals surface area contributed by atoms with Gasteiger partial charge in [-0.05, 0) is 24.3 Å². The van der Waals surface area contributed by atoms with E-state index in [9.17, 15) is 4.79 Å². The fourth-order valence-electron chi connectivity index (χ4n) is 2.53. The maximum Gasteiger partial charge on any atom is 0.230 e. The topological polar surface area (TPSA) is 59.8 Å². The molecule has 0 fully saturated rings. The van der Waals surface area contributed by atoms with Gasteiger partial charge in [0.15, 0.2) is 0 Å². The van der Waals surface area contributed by atoms with Crippen LogP contribution in [0, 0.1) is 0 Å². The van der Waals surface area contributed by atoms with E-state index in [-0.39, 0.29) is 10.7 Å². The lowest BCUT2D eigenvalue weighted by atomic mass is 10.1. The highest BCUT2D eigenvalue weighted by Gasteiger charge is 2.16. The zero-order valence-corrected chi connectivity index (χ0v) is 16.7. The largest absolute Gasteiger partial charge is 0.351 e. The fourth-order valence-corrected chi connectivity index (χ4v) is 3.20. The Balaban J connectivity index is 1.81. The summed E-state index contributed by atoms with van der Waals surface area (Å²) in [5.41, 5.74) is 3.78. The van der Waals surface area contributed by atoms with Crippen LogP contribution in [0.25, 0.3) is 16.9 Å². The van der Waals surface area contributed by atoms with Gasteiger partial charge in [-0.1, -0.05) is 39.0 Å². The summed E-state index contributed by atoms with van der Waals surface area (Å²) in [5, 5.41) is 7.76. The van der Waals surface area contributed by atoms with Crippen molar-refractivity contribution in [2.45, 2.75) is 32.1 Å². The van der Waals surface area contributed by atoms with Gasteiger partial charge >= 0.3 is 0 Å². The number of aromatic nitrogens is 3. The normalized spacial score (nSPS) is 11.4. The van der Waals surface area contributed by atoms with Crippen molar-refractivity contribution in [3.05, 3.63) is 66.6 Å². The predicted molar refractivity (Wildman–Crippen MR) is 111 cm³/mol. The summed E-state index contributed by atoms with van der Waals surface area (Å²) in [4.78, 5) is 16.3. The van der Waals surface area contributed by atoms with Crippen LogP contribution < -0.4 is 5.32 Å². The van der Waals surface area contributed by atoms with Gasteiger partial charge in [-0.25, -0.2) is 4.68 Å². The molecule has 1 aromatic carbocycles. The van der Waals surface area contributed by atoms with Gasteiger partial charge in [0.25, 0.3) is 0 Å². The zero-order valence-electron chi connectivity index (χ0n) is 15.8. The van der Waals surface area contributed by atoms with E-state index >= 15 is 0 Å². The number of pyridine rings is 1. The third-order valence-electron chi connectivity index (χ3n) is 3.88. The first-order chi connectivity index (χ1) is 12.9. The molecule has 0 radical (unpaired) electrons. The molecule has 2 aromatic heterocycles. The number of hydrogen-bond acceptors (Lipinski definition) is 4. The molecule has 0 spiro atoms. The van der Waals surface area contributed by atoms with E-state index in [1.165, 1.54) is 0 Å². The summed E-state index contributed by atoms with van der Waals surface area (Å²) in [6, 6.07) is 13.8. The Labute approximate surface area is 164 Å². The second-order valence-electron chi connectivity index (χ2n) is 7.20. The smallest absolute Gasteiger partial charge is 0.230 e. The molecule has 2 heterocycles. The van der Waals surface area contributed by atoms with Crippen LogP contribution in [0.1, 0.15) is 26.3 Å². The fraction of sp³-hybridized carbons (Fsp3) is 0.286. The molecular formula is C21H24N4OS. The Morgan fingerprint density at radius 3 is 2.48 bits per heavy atom. The average Bonchev–Trinajstić information content (AvgIpc) is 3.10. The number of amides is 1. The van der Waals surface area contributed by atoms with Crippen molar-refractivity contribution in [1.82, 2.24) is 20.1 Å². The van der Waals surface area contributed by atoms with Crippen molar-refractivity contribution >= 4 is 17.7 Å². The molecule has 3 aromatic rings. The molecule has 0 aliphatic rings. The van der Waals surface area contributed by atoms with Crippen molar-refractivity contribution in [3.8, 4) is 16.9 Å². The van der Waals surface area contributed by atoms with Crippen LogP contribution >= 0.6 is 11.8 Å². The minimum Gasteiger partial charge on any atom is -0.351 e. The van der Waals surface area contributed by atoms with Crippen LogP contribution in [0.3, 0.4) is 0 Å². The Morgan fingerprint density at radius 2 is 1.81 bits per heavy atom. The highest BCUT2D eigenvalue weighted by atomic mass is 32.2. The van der Waals surface area contributed by atoms with Crippen LogP contribution in [0.5, 0.6) is 0 Å². The molecule has 0 atom stereocenters. The molecule has 0 saturated heterocycles. The van der Waals surface area contributed by atoms with E-state index in [1.54, 1.807) is 24.2 Å². The van der Waals surface area contributed by atoms with Gasteiger partial charge in [0, 0.05) is 41.0 Å². The number of nitrogens with zero attached hydrogens (tertiary/aromatic N) is 3. The predicted octanol–water partition coefficient (Wildman–Crippen LogP) is 4.08. The molecule has 0 bridgehead atoms. The van der Waals surface area contributed by atoms with Crippen LogP contribution in [-0.4, -0.2) is 31.2 Å². The van der Waals surface area contributed by atoms with Crippen molar-refractivity contribution < 1.29 is 4.79 Å². The monoisotopic (exact) mass is 380 g/mol. The molecule has 0 aliphatic carbocycles. The van der Waals surface area contributed by atoms with Gasteiger partial charge in [-0.3, -0.25) is 9.78 Å². The number of benzene rings is 1. The first kappa shape index (κ1) is 19.2. The number of nitrogens with one attached hydrogen (secondary N) is 1. The lowest BCUT2D eigenvalue weighted by molar-refractivity contribution is -0.118. The van der Waals surface area contributed by atoms with Crippen LogP contribution in [0.2, 0.25) is 0 Å². The van der Waals surface area contributed by atoms with Crippen molar-refractivity contribution in [3.63, 3.8) is 0 Å². The summed E-state index contributed by atoms with van der Waals surface area (Å²) in [5.74, 6) is 0.476. The van der Waals surface area contributed by atoms with Crippen LogP contribution in [-0.2, 0) is 11.3 Å². The van der Waals surface area contributed by atoms with E-state index < -0.39 is 0 Å². The lowest BCUT2D eigenvalue weighted by Gasteiger charge is -2.16. The zero-order chi connectivity index (χ0) is 19.3. The molecule has 0 aliphatic heterocycles. The molecule has 0 saturated carbocycles. The molecule has 140 valence electrons. The molecule has 0 unspecified atom stereocenters. The average molecular weight is 381 g/mol. The number of para-hydroxylation sites is 1. The molecule has 6 heteroatoms. The Kier molecular flexibility index (Phi) is 5.96. The number of carbonyl (C=O) groups is 1. The van der Waals surface area contributed by atoms with Gasteiger partial charge in [0.2, 0.25) is 5.91 Å². The standard InChI is InChI=1S/C21H24N4OS/c1-21(2,3)27-15-19(26)23-13-17-14-25(18-7-5-4-6-8-18)24-20(17)16-9-11-22-12-10-16/h4-12,14H,13,15H2,1-3H3,(H,23,26). The summed E-state index contributed by atoms with van der Waals surface area (Å²) in [6.45, 7) is 6.76. The molecule has 1 amide bonds. The molecule has 27 heavy (non-hydrogen) atoms. The molecular weight excluding hydrogens is 356 g/mol. The van der Waals surface area contributed by atoms with Crippen molar-refractivity contribution in [2.24, 2.45) is 0 Å². The summed E-state index contributed by atoms with van der Waals surface area (Å²) < 4.78 is 1.92. The van der Waals surface area contributed by atoms with E-state index in [1.807, 2.05) is 53.3 Å². The highest BCUT2D eigenvalue weighted by Crippen LogP contribution is 2.24. The van der Waals surface area contributed by atoms with Gasteiger partial charge in [0.05, 0.1) is 17.1 Å². The van der Waals surface area contributed by atoms with Gasteiger partial charge in [0.1, 0.15) is 0 Å². The maximum absolute atomic E-state index is 12.2. The van der Waals surface area contributed by atoms with E-state index in [2.05, 4.69) is 31.1 Å². The summed E-state index contributed by atoms with van der Waals surface area (Å²) >= 11 is 1.64. The first-order valence-corrected chi connectivity index (χ1v) is 9.86. The van der Waals surface area contributed by atoms with Crippen molar-refractivity contribution in [2.75, 3.05) is 5.75 Å². The third-order valence-corrected chi connectivity index (χ3v) is 5.15. The third kappa shape index (κ3) is 5.44. The Bertz CT molecular complexity index is 886. The van der Waals surface area contributed by atoms with Gasteiger partial charge < -0.3 is 5.32 Å². The summed E-state index contributed by atoms with van der Waals surface area (Å²) in [6.07, 6.45) is 5.47. The van der Waals surface area contributed by atoms with Gasteiger partial charge in [-0.2, -0.15) is 5.10 Å². The van der Waals surface area contributed by atoms with Gasteiger partial charge in [-0.15, -0.1) is 11.8 Å². The molecule has 5 nitrogen and oxygen atoms in total. The maximum atomic E-state index is 12.2. The van der Waals surface area contributed by atoms with E-state index in [4.69, 9.17) is 5.10 Å². The van der Waals surface area contributed by atoms with E-state index in [0.29, 0.717) is 12.3 Å². The lowest BCUT2D eigenvalue weighted by Crippen LogP contribution is -2.26. The SMILES string of the molecule is CC(C)(C)SCC(=O)NCc1cn(-c2ccccc2)nc1-c1ccncc1. The summed E-state index contributed by atoms with van der Waals surface area (Å²) in [7, 11) is 0. The molecule has 3 rings (SSSR count). The van der Waals surface area contributed by atoms with Crippen molar-refractivity contribution in [1.29, 1.82) is 0 Å². The number of rotatable bonds is 6. The minimum atomic E-state index is 0.0306. The van der Waals surface area contributed by atoms with Crippen LogP contribution in [0.4, 0.5) is 0 Å². The number of hydrogen-bond donors (Lipinski definition) is 1.